The lowest BCUT2D eigenvalue weighted by Crippen LogP contribution is -2.25. The fourth-order valence-electron chi connectivity index (χ4n) is 4.31. The molecule has 0 bridgehead atoms. The highest BCUT2D eigenvalue weighted by molar-refractivity contribution is 7.15. The smallest absolute Gasteiger partial charge is 0.265 e. The van der Waals surface area contributed by atoms with Gasteiger partial charge in [-0.05, 0) is 48.9 Å². The van der Waals surface area contributed by atoms with Crippen LogP contribution in [0.5, 0.6) is 0 Å². The Kier molecular flexibility index (Phi) is 6.15. The summed E-state index contributed by atoms with van der Waals surface area (Å²) in [6, 6.07) is 10.4. The quantitative estimate of drug-likeness (QED) is 0.303. The SMILES string of the molecule is CC(c1ccc(F)c(F)c1)n1cnc2ccnc(NCc3ccc(-c4cc5c(N)ncnc5cn4)s3)c2c1=O. The summed E-state index contributed by atoms with van der Waals surface area (Å²) in [5.74, 6) is -1.16. The van der Waals surface area contributed by atoms with Crippen LogP contribution in [0.2, 0.25) is 0 Å². The van der Waals surface area contributed by atoms with Crippen LogP contribution >= 0.6 is 11.3 Å². The first-order chi connectivity index (χ1) is 18.9. The Morgan fingerprint density at radius 2 is 1.87 bits per heavy atom. The van der Waals surface area contributed by atoms with Gasteiger partial charge in [0.1, 0.15) is 23.3 Å². The molecule has 9 nitrogen and oxygen atoms in total. The molecule has 0 spiro atoms. The molecule has 12 heteroatoms. The van der Waals surface area contributed by atoms with Crippen LogP contribution in [0.15, 0.2) is 72.3 Å². The van der Waals surface area contributed by atoms with E-state index in [0.717, 1.165) is 33.0 Å². The van der Waals surface area contributed by atoms with E-state index in [2.05, 4.69) is 30.2 Å². The molecule has 6 aromatic rings. The molecule has 0 fully saturated rings. The summed E-state index contributed by atoms with van der Waals surface area (Å²) in [6.07, 6.45) is 6.05. The maximum absolute atomic E-state index is 13.8. The number of hydrogen-bond donors (Lipinski definition) is 2. The number of nitrogens with one attached hydrogen (secondary N) is 1. The molecule has 1 unspecified atom stereocenters. The van der Waals surface area contributed by atoms with Gasteiger partial charge in [-0.25, -0.2) is 28.7 Å². The number of anilines is 2. The first kappa shape index (κ1) is 24.5. The molecule has 0 aliphatic heterocycles. The number of nitrogen functional groups attached to an aromatic ring is 1. The highest BCUT2D eigenvalue weighted by Crippen LogP contribution is 2.30. The fourth-order valence-corrected chi connectivity index (χ4v) is 5.23. The summed E-state index contributed by atoms with van der Waals surface area (Å²) >= 11 is 1.54. The van der Waals surface area contributed by atoms with Crippen LogP contribution in [-0.2, 0) is 6.54 Å². The van der Waals surface area contributed by atoms with Crippen molar-refractivity contribution in [2.75, 3.05) is 11.1 Å². The lowest BCUT2D eigenvalue weighted by atomic mass is 10.1. The third-order valence-electron chi connectivity index (χ3n) is 6.44. The second-order valence-electron chi connectivity index (χ2n) is 8.83. The first-order valence-corrected chi connectivity index (χ1v) is 12.7. The van der Waals surface area contributed by atoms with E-state index in [9.17, 15) is 13.6 Å². The van der Waals surface area contributed by atoms with Gasteiger partial charge in [0.25, 0.3) is 5.56 Å². The second kappa shape index (κ2) is 9.80. The number of pyridine rings is 2. The molecule has 6 rings (SSSR count). The predicted molar refractivity (Wildman–Crippen MR) is 146 cm³/mol. The molecule has 194 valence electrons. The summed E-state index contributed by atoms with van der Waals surface area (Å²) in [7, 11) is 0. The van der Waals surface area contributed by atoms with E-state index >= 15 is 0 Å². The van der Waals surface area contributed by atoms with E-state index in [1.165, 1.54) is 34.6 Å². The van der Waals surface area contributed by atoms with Crippen molar-refractivity contribution in [3.8, 4) is 10.6 Å². The lowest BCUT2D eigenvalue weighted by molar-refractivity contribution is 0.502. The van der Waals surface area contributed by atoms with E-state index in [1.54, 1.807) is 25.4 Å². The van der Waals surface area contributed by atoms with E-state index in [1.807, 2.05) is 18.2 Å². The van der Waals surface area contributed by atoms with Gasteiger partial charge in [0.05, 0.1) is 46.7 Å². The van der Waals surface area contributed by atoms with Crippen LogP contribution in [0.4, 0.5) is 20.4 Å². The Balaban J connectivity index is 1.28. The maximum atomic E-state index is 13.8. The zero-order chi connectivity index (χ0) is 27.1. The number of aromatic nitrogens is 6. The molecule has 0 radical (unpaired) electrons. The normalized spacial score (nSPS) is 12.2. The monoisotopic (exact) mass is 542 g/mol. The van der Waals surface area contributed by atoms with E-state index in [0.29, 0.717) is 40.2 Å². The van der Waals surface area contributed by atoms with Gasteiger partial charge >= 0.3 is 0 Å². The van der Waals surface area contributed by atoms with Crippen LogP contribution in [0.25, 0.3) is 32.4 Å². The summed E-state index contributed by atoms with van der Waals surface area (Å²) in [4.78, 5) is 36.9. The van der Waals surface area contributed by atoms with E-state index in [-0.39, 0.29) is 5.56 Å². The molecule has 5 aromatic heterocycles. The van der Waals surface area contributed by atoms with Crippen molar-refractivity contribution in [2.45, 2.75) is 19.5 Å². The van der Waals surface area contributed by atoms with Crippen LogP contribution in [0.3, 0.4) is 0 Å². The Morgan fingerprint density at radius 3 is 2.72 bits per heavy atom. The maximum Gasteiger partial charge on any atom is 0.265 e. The van der Waals surface area contributed by atoms with Crippen molar-refractivity contribution in [1.29, 1.82) is 0 Å². The molecular weight excluding hydrogens is 522 g/mol. The Labute approximate surface area is 224 Å². The number of halogens is 2. The molecule has 39 heavy (non-hydrogen) atoms. The van der Waals surface area contributed by atoms with Gasteiger partial charge in [0.15, 0.2) is 11.6 Å². The predicted octanol–water partition coefficient (Wildman–Crippen LogP) is 4.94. The fraction of sp³-hybridized carbons (Fsp3) is 0.111. The van der Waals surface area contributed by atoms with Crippen molar-refractivity contribution in [1.82, 2.24) is 29.5 Å². The molecule has 0 aliphatic rings. The van der Waals surface area contributed by atoms with E-state index < -0.39 is 17.7 Å². The van der Waals surface area contributed by atoms with Crippen molar-refractivity contribution in [2.24, 2.45) is 0 Å². The van der Waals surface area contributed by atoms with Gasteiger partial charge in [-0.1, -0.05) is 6.07 Å². The van der Waals surface area contributed by atoms with Crippen LogP contribution < -0.4 is 16.6 Å². The minimum atomic E-state index is -0.976. The highest BCUT2D eigenvalue weighted by atomic mass is 32.1. The minimum Gasteiger partial charge on any atom is -0.383 e. The van der Waals surface area contributed by atoms with Crippen molar-refractivity contribution < 1.29 is 8.78 Å². The lowest BCUT2D eigenvalue weighted by Gasteiger charge is -2.17. The molecule has 0 aliphatic carbocycles. The molecule has 0 amide bonds. The standard InChI is InChI=1S/C27H20F2N8OS/c1-14(15-2-4-18(28)19(29)8-15)37-13-36-20-6-7-31-26(24(20)27(37)38)33-10-16-3-5-23(39-16)21-9-17-22(11-32-21)34-12-35-25(17)30/h2-9,11-14H,10H2,1H3,(H,31,33)(H2,30,34,35). The van der Waals surface area contributed by atoms with Crippen molar-refractivity contribution >= 4 is 44.8 Å². The zero-order valence-electron chi connectivity index (χ0n) is 20.5. The summed E-state index contributed by atoms with van der Waals surface area (Å²) in [5, 5.41) is 4.28. The average Bonchev–Trinajstić information content (AvgIpc) is 3.42. The number of nitrogens with zero attached hydrogens (tertiary/aromatic N) is 6. The van der Waals surface area contributed by atoms with Gasteiger partial charge in [-0.2, -0.15) is 0 Å². The highest BCUT2D eigenvalue weighted by Gasteiger charge is 2.17. The molecule has 1 aromatic carbocycles. The number of nitrogens with two attached hydrogens (primary N) is 1. The molecule has 0 saturated heterocycles. The largest absolute Gasteiger partial charge is 0.383 e. The third-order valence-corrected chi connectivity index (χ3v) is 7.55. The summed E-state index contributed by atoms with van der Waals surface area (Å²) in [5.41, 5.74) is 7.98. The Morgan fingerprint density at radius 1 is 1.00 bits per heavy atom. The molecule has 0 saturated carbocycles. The van der Waals surface area contributed by atoms with Gasteiger partial charge in [0.2, 0.25) is 0 Å². The summed E-state index contributed by atoms with van der Waals surface area (Å²) in [6.45, 7) is 2.13. The van der Waals surface area contributed by atoms with E-state index in [4.69, 9.17) is 5.73 Å². The molecule has 1 atom stereocenters. The second-order valence-corrected chi connectivity index (χ2v) is 9.99. The number of benzene rings is 1. The Bertz CT molecular complexity index is 1920. The van der Waals surface area contributed by atoms with Gasteiger partial charge < -0.3 is 11.1 Å². The molecule has 5 heterocycles. The minimum absolute atomic E-state index is 0.304. The number of hydrogen-bond acceptors (Lipinski definition) is 9. The van der Waals surface area contributed by atoms with Crippen molar-refractivity contribution in [3.63, 3.8) is 0 Å². The third kappa shape index (κ3) is 4.55. The zero-order valence-corrected chi connectivity index (χ0v) is 21.3. The van der Waals surface area contributed by atoms with Gasteiger partial charge in [0, 0.05) is 16.5 Å². The van der Waals surface area contributed by atoms with Gasteiger partial charge in [-0.3, -0.25) is 14.3 Å². The number of rotatable bonds is 6. The van der Waals surface area contributed by atoms with Gasteiger partial charge in [-0.15, -0.1) is 11.3 Å². The van der Waals surface area contributed by atoms with Crippen molar-refractivity contribution in [3.05, 3.63) is 99.9 Å². The Hall–Kier alpha value is -4.84. The topological polar surface area (TPSA) is 124 Å². The molecule has 3 N–H and O–H groups in total. The van der Waals surface area contributed by atoms with Crippen LogP contribution in [0.1, 0.15) is 23.4 Å². The average molecular weight is 543 g/mol. The summed E-state index contributed by atoms with van der Waals surface area (Å²) < 4.78 is 28.6. The van der Waals surface area contributed by atoms with Crippen LogP contribution in [-0.4, -0.2) is 29.5 Å². The molecular formula is C27H20F2N8OS. The number of fused-ring (bicyclic) bond motifs is 2. The first-order valence-electron chi connectivity index (χ1n) is 11.9. The number of thiophene rings is 1. The van der Waals surface area contributed by atoms with Crippen LogP contribution in [0, 0.1) is 11.6 Å².